The van der Waals surface area contributed by atoms with E-state index in [1.807, 2.05) is 19.3 Å². The number of nitrogens with zero attached hydrogens (tertiary/aromatic N) is 7. The number of benzene rings is 2. The molecule has 0 radical (unpaired) electrons. The van der Waals surface area contributed by atoms with Gasteiger partial charge in [0.15, 0.2) is 5.65 Å². The summed E-state index contributed by atoms with van der Waals surface area (Å²) < 4.78 is 32.0. The van der Waals surface area contributed by atoms with Crippen LogP contribution in [0.5, 0.6) is 0 Å². The van der Waals surface area contributed by atoms with Crippen LogP contribution >= 0.6 is 0 Å². The summed E-state index contributed by atoms with van der Waals surface area (Å²) in [4.78, 5) is 26.5. The van der Waals surface area contributed by atoms with E-state index in [1.54, 1.807) is 46.2 Å². The maximum atomic E-state index is 14.8. The highest BCUT2D eigenvalue weighted by molar-refractivity contribution is 5.93. The Morgan fingerprint density at radius 3 is 2.50 bits per heavy atom. The van der Waals surface area contributed by atoms with Crippen LogP contribution in [0.3, 0.4) is 0 Å². The number of aromatic nitrogens is 5. The largest absolute Gasteiger partial charge is 0.325 e. The zero-order valence-corrected chi connectivity index (χ0v) is 22.2. The fourth-order valence-electron chi connectivity index (χ4n) is 4.93. The molecule has 0 bridgehead atoms. The highest BCUT2D eigenvalue weighted by Crippen LogP contribution is 2.31. The molecule has 0 aliphatic carbocycles. The normalized spacial score (nSPS) is 14.6. The standard InChI is InChI=1S/C29H28F2N8O/c1-36-5-7-38(8-6-36)17-28(40)35-23-9-19(25-4-3-22(30)12-26(25)31)10-24(13-23)39-18-33-27-11-20(14-32-29(27)39)21-15-34-37(2)16-21/h3-4,9-16,18H,5-8,17H2,1-2H3,(H,35,40). The van der Waals surface area contributed by atoms with Crippen molar-refractivity contribution in [3.8, 4) is 27.9 Å². The third kappa shape index (κ3) is 5.33. The molecule has 204 valence electrons. The molecule has 1 N–H and O–H groups in total. The first-order chi connectivity index (χ1) is 19.3. The molecule has 0 unspecified atom stereocenters. The van der Waals surface area contributed by atoms with Gasteiger partial charge >= 0.3 is 0 Å². The molecule has 6 rings (SSSR count). The van der Waals surface area contributed by atoms with E-state index >= 15 is 0 Å². The zero-order valence-electron chi connectivity index (χ0n) is 22.2. The van der Waals surface area contributed by atoms with Gasteiger partial charge in [0.25, 0.3) is 0 Å². The Morgan fingerprint density at radius 2 is 1.75 bits per heavy atom. The van der Waals surface area contributed by atoms with Crippen molar-refractivity contribution in [3.05, 3.63) is 79.0 Å². The van der Waals surface area contributed by atoms with Crippen LogP contribution in [-0.4, -0.2) is 79.8 Å². The van der Waals surface area contributed by atoms with Crippen molar-refractivity contribution in [3.63, 3.8) is 0 Å². The van der Waals surface area contributed by atoms with Gasteiger partial charge in [0.2, 0.25) is 5.91 Å². The molecule has 1 aliphatic rings. The van der Waals surface area contributed by atoms with Crippen molar-refractivity contribution in [2.24, 2.45) is 7.05 Å². The molecule has 1 aliphatic heterocycles. The van der Waals surface area contributed by atoms with Gasteiger partial charge in [-0.2, -0.15) is 5.10 Å². The summed E-state index contributed by atoms with van der Waals surface area (Å²) >= 11 is 0. The lowest BCUT2D eigenvalue weighted by Gasteiger charge is -2.31. The van der Waals surface area contributed by atoms with Gasteiger partial charge in [-0.25, -0.2) is 18.7 Å². The number of halogens is 2. The summed E-state index contributed by atoms with van der Waals surface area (Å²) in [6, 6.07) is 10.6. The molecule has 4 heterocycles. The van der Waals surface area contributed by atoms with Crippen molar-refractivity contribution < 1.29 is 13.6 Å². The van der Waals surface area contributed by atoms with Crippen LogP contribution in [-0.2, 0) is 11.8 Å². The molecule has 2 aromatic carbocycles. The second-order valence-electron chi connectivity index (χ2n) is 10.1. The fraction of sp³-hybridized carbons (Fsp3) is 0.241. The number of hydrogen-bond donors (Lipinski definition) is 1. The van der Waals surface area contributed by atoms with Gasteiger partial charge in [0, 0.05) is 74.1 Å². The number of carbonyl (C=O) groups is 1. The highest BCUT2D eigenvalue weighted by atomic mass is 19.1. The topological polar surface area (TPSA) is 84.1 Å². The number of carbonyl (C=O) groups excluding carboxylic acids is 1. The smallest absolute Gasteiger partial charge is 0.238 e. The van der Waals surface area contributed by atoms with Crippen LogP contribution in [0.4, 0.5) is 14.5 Å². The second-order valence-corrected chi connectivity index (χ2v) is 10.1. The van der Waals surface area contributed by atoms with Gasteiger partial charge in [-0.05, 0) is 49.0 Å². The van der Waals surface area contributed by atoms with Gasteiger partial charge in [-0.15, -0.1) is 0 Å². The van der Waals surface area contributed by atoms with Crippen LogP contribution in [0.25, 0.3) is 39.1 Å². The van der Waals surface area contributed by atoms with Crippen LogP contribution < -0.4 is 5.32 Å². The third-order valence-electron chi connectivity index (χ3n) is 7.11. The van der Waals surface area contributed by atoms with Crippen molar-refractivity contribution in [1.82, 2.24) is 34.1 Å². The molecule has 0 saturated carbocycles. The summed E-state index contributed by atoms with van der Waals surface area (Å²) in [5, 5.41) is 7.19. The Morgan fingerprint density at radius 1 is 0.925 bits per heavy atom. The summed E-state index contributed by atoms with van der Waals surface area (Å²) in [7, 11) is 3.91. The Balaban J connectivity index is 1.36. The van der Waals surface area contributed by atoms with E-state index in [2.05, 4.69) is 37.2 Å². The molecule has 40 heavy (non-hydrogen) atoms. The molecule has 9 nitrogen and oxygen atoms in total. The number of pyridine rings is 1. The molecule has 11 heteroatoms. The average Bonchev–Trinajstić information content (AvgIpc) is 3.55. The van der Waals surface area contributed by atoms with E-state index in [0.29, 0.717) is 28.1 Å². The van der Waals surface area contributed by atoms with E-state index in [4.69, 9.17) is 0 Å². The second kappa shape index (κ2) is 10.6. The van der Waals surface area contributed by atoms with Crippen LogP contribution in [0, 0.1) is 11.6 Å². The SMILES string of the molecule is CN1CCN(CC(=O)Nc2cc(-c3ccc(F)cc3F)cc(-n3cnc4cc(-c5cnn(C)c5)cnc43)c2)CC1. The van der Waals surface area contributed by atoms with Crippen molar-refractivity contribution in [2.45, 2.75) is 0 Å². The fourth-order valence-corrected chi connectivity index (χ4v) is 4.93. The number of anilines is 1. The van der Waals surface area contributed by atoms with Gasteiger partial charge in [-0.3, -0.25) is 18.9 Å². The monoisotopic (exact) mass is 542 g/mol. The number of nitrogens with one attached hydrogen (secondary N) is 1. The maximum absolute atomic E-state index is 14.8. The Bertz CT molecular complexity index is 1700. The van der Waals surface area contributed by atoms with E-state index in [0.717, 1.165) is 43.4 Å². The minimum absolute atomic E-state index is 0.165. The van der Waals surface area contributed by atoms with Crippen molar-refractivity contribution in [1.29, 1.82) is 0 Å². The number of rotatable bonds is 6. The molecular weight excluding hydrogens is 514 g/mol. The predicted octanol–water partition coefficient (Wildman–Crippen LogP) is 3.95. The first kappa shape index (κ1) is 25.8. The molecule has 3 aromatic heterocycles. The number of piperazine rings is 1. The molecule has 0 spiro atoms. The van der Waals surface area contributed by atoms with E-state index < -0.39 is 11.6 Å². The quantitative estimate of drug-likeness (QED) is 0.350. The maximum Gasteiger partial charge on any atom is 0.238 e. The van der Waals surface area contributed by atoms with Crippen LogP contribution in [0.2, 0.25) is 0 Å². The number of amides is 1. The van der Waals surface area contributed by atoms with Gasteiger partial charge < -0.3 is 10.2 Å². The average molecular weight is 543 g/mol. The number of fused-ring (bicyclic) bond motifs is 1. The summed E-state index contributed by atoms with van der Waals surface area (Å²) in [5.41, 5.74) is 4.88. The Labute approximate surface area is 229 Å². The lowest BCUT2D eigenvalue weighted by atomic mass is 10.0. The summed E-state index contributed by atoms with van der Waals surface area (Å²) in [6.45, 7) is 3.68. The van der Waals surface area contributed by atoms with Crippen molar-refractivity contribution in [2.75, 3.05) is 45.1 Å². The first-order valence-corrected chi connectivity index (χ1v) is 13.0. The highest BCUT2D eigenvalue weighted by Gasteiger charge is 2.18. The van der Waals surface area contributed by atoms with Crippen LogP contribution in [0.1, 0.15) is 0 Å². The first-order valence-electron chi connectivity index (χ1n) is 13.0. The Hall–Kier alpha value is -4.48. The molecule has 1 amide bonds. The summed E-state index contributed by atoms with van der Waals surface area (Å²) in [5.74, 6) is -1.52. The number of aryl methyl sites for hydroxylation is 1. The lowest BCUT2D eigenvalue weighted by molar-refractivity contribution is -0.117. The third-order valence-corrected chi connectivity index (χ3v) is 7.11. The molecule has 1 saturated heterocycles. The molecule has 5 aromatic rings. The zero-order chi connectivity index (χ0) is 27.8. The predicted molar refractivity (Wildman–Crippen MR) is 149 cm³/mol. The Kier molecular flexibility index (Phi) is 6.82. The van der Waals surface area contributed by atoms with Gasteiger partial charge in [-0.1, -0.05) is 0 Å². The van der Waals surface area contributed by atoms with Crippen LogP contribution in [0.15, 0.2) is 67.4 Å². The van der Waals surface area contributed by atoms with E-state index in [9.17, 15) is 13.6 Å². The molecular formula is C29H28F2N8O. The molecule has 0 atom stereocenters. The van der Waals surface area contributed by atoms with Gasteiger partial charge in [0.05, 0.1) is 18.4 Å². The number of hydrogen-bond acceptors (Lipinski definition) is 6. The minimum atomic E-state index is -0.693. The minimum Gasteiger partial charge on any atom is -0.325 e. The van der Waals surface area contributed by atoms with E-state index in [1.165, 1.54) is 12.1 Å². The summed E-state index contributed by atoms with van der Waals surface area (Å²) in [6.07, 6.45) is 7.05. The molecule has 1 fully saturated rings. The van der Waals surface area contributed by atoms with E-state index in [-0.39, 0.29) is 18.0 Å². The lowest BCUT2D eigenvalue weighted by Crippen LogP contribution is -2.47. The number of imidazole rings is 1. The number of likely N-dealkylation sites (N-methyl/N-ethyl adjacent to an activating group) is 1. The van der Waals surface area contributed by atoms with Gasteiger partial charge in [0.1, 0.15) is 23.5 Å². The van der Waals surface area contributed by atoms with Crippen molar-refractivity contribution >= 4 is 22.8 Å².